The van der Waals surface area contributed by atoms with E-state index in [0.29, 0.717) is 41.2 Å². The van der Waals surface area contributed by atoms with E-state index < -0.39 is 22.2 Å². The first-order valence-corrected chi connectivity index (χ1v) is 25.7. The summed E-state index contributed by atoms with van der Waals surface area (Å²) in [6, 6.07) is 48.3. The Kier molecular flexibility index (Phi) is 12.5. The quantitative estimate of drug-likeness (QED) is 0.103. The van der Waals surface area contributed by atoms with E-state index in [2.05, 4.69) is 95.2 Å². The van der Waals surface area contributed by atoms with E-state index in [1.54, 1.807) is 24.3 Å². The summed E-state index contributed by atoms with van der Waals surface area (Å²) in [6.07, 6.45) is 14.2. The van der Waals surface area contributed by atoms with Gasteiger partial charge in [-0.15, -0.1) is 0 Å². The van der Waals surface area contributed by atoms with Crippen LogP contribution in [0.2, 0.25) is 0 Å². The van der Waals surface area contributed by atoms with Crippen molar-refractivity contribution >= 4 is 67.9 Å². The number of nitrogens with zero attached hydrogens (tertiary/aromatic N) is 4. The Morgan fingerprint density at radius 3 is 1.37 bits per heavy atom. The van der Waals surface area contributed by atoms with Gasteiger partial charge in [0.1, 0.15) is 0 Å². The Morgan fingerprint density at radius 1 is 0.434 bits per heavy atom. The molecule has 10 heteroatoms. The molecule has 5 aromatic heterocycles. The SMILES string of the molecule is CCCCCCCCn1c(=O)c2cc3c(=O)n(-c4ccc(C#Cc5ccc(C#Cc6c7nc(c(-c8ccccc8)c8ccc(cc9ccc([nH]9)c(-c9ccccc9)c9nc6C=C9)[nH]8)C=C7)cc5)cc4)c(=O)c3cc2c1=O. The third-order valence-electron chi connectivity index (χ3n) is 14.1. The van der Waals surface area contributed by atoms with Gasteiger partial charge in [0.15, 0.2) is 0 Å². The normalized spacial score (nSPS) is 11.8. The Hall–Kier alpha value is -9.90. The second kappa shape index (κ2) is 20.2. The summed E-state index contributed by atoms with van der Waals surface area (Å²) >= 11 is 0. The van der Waals surface area contributed by atoms with E-state index in [9.17, 15) is 19.2 Å². The van der Waals surface area contributed by atoms with Crippen molar-refractivity contribution in [2.45, 2.75) is 52.0 Å². The van der Waals surface area contributed by atoms with Crippen LogP contribution in [0.15, 0.2) is 171 Å². The van der Waals surface area contributed by atoms with Crippen LogP contribution >= 0.6 is 0 Å². The van der Waals surface area contributed by atoms with Crippen LogP contribution in [-0.2, 0) is 6.54 Å². The molecule has 0 aliphatic carbocycles. The van der Waals surface area contributed by atoms with Crippen molar-refractivity contribution in [3.8, 4) is 51.6 Å². The molecule has 7 heterocycles. The smallest absolute Gasteiger partial charge is 0.266 e. The van der Waals surface area contributed by atoms with Crippen molar-refractivity contribution in [1.82, 2.24) is 29.1 Å². The van der Waals surface area contributed by atoms with Crippen LogP contribution in [-0.4, -0.2) is 29.1 Å². The molecular weight excluding hydrogens is 941 g/mol. The highest BCUT2D eigenvalue weighted by Crippen LogP contribution is 2.34. The van der Waals surface area contributed by atoms with Gasteiger partial charge in [-0.2, -0.15) is 0 Å². The lowest BCUT2D eigenvalue weighted by Gasteiger charge is -2.04. The summed E-state index contributed by atoms with van der Waals surface area (Å²) in [6.45, 7) is 2.47. The molecule has 10 nitrogen and oxygen atoms in total. The van der Waals surface area contributed by atoms with Gasteiger partial charge < -0.3 is 9.97 Å². The second-order valence-electron chi connectivity index (χ2n) is 19.1. The number of fused-ring (bicyclic) bond motifs is 10. The van der Waals surface area contributed by atoms with Gasteiger partial charge >= 0.3 is 0 Å². The first kappa shape index (κ1) is 47.1. The summed E-state index contributed by atoms with van der Waals surface area (Å²) in [5.41, 5.74) is 12.1. The van der Waals surface area contributed by atoms with E-state index >= 15 is 0 Å². The van der Waals surface area contributed by atoms with Crippen molar-refractivity contribution in [3.05, 3.63) is 238 Å². The molecule has 12 rings (SSSR count). The summed E-state index contributed by atoms with van der Waals surface area (Å²) < 4.78 is 2.32. The van der Waals surface area contributed by atoms with Gasteiger partial charge in [-0.25, -0.2) is 14.5 Å². The van der Waals surface area contributed by atoms with Gasteiger partial charge in [-0.1, -0.05) is 123 Å². The summed E-state index contributed by atoms with van der Waals surface area (Å²) in [5, 5.41) is 0.550. The van der Waals surface area contributed by atoms with Crippen LogP contribution in [0.1, 0.15) is 90.5 Å². The van der Waals surface area contributed by atoms with Crippen LogP contribution < -0.4 is 22.2 Å². The third kappa shape index (κ3) is 9.03. The second-order valence-corrected chi connectivity index (χ2v) is 19.1. The van der Waals surface area contributed by atoms with Crippen molar-refractivity contribution in [2.24, 2.45) is 0 Å². The molecular formula is C66H48N6O4. The highest BCUT2D eigenvalue weighted by atomic mass is 16.2. The highest BCUT2D eigenvalue weighted by molar-refractivity contribution is 5.98. The lowest BCUT2D eigenvalue weighted by Crippen LogP contribution is -2.25. The van der Waals surface area contributed by atoms with E-state index in [4.69, 9.17) is 9.97 Å². The van der Waals surface area contributed by atoms with Crippen LogP contribution in [0.4, 0.5) is 0 Å². The van der Waals surface area contributed by atoms with Crippen molar-refractivity contribution in [3.63, 3.8) is 0 Å². The predicted octanol–water partition coefficient (Wildman–Crippen LogP) is 12.4. The fourth-order valence-electron chi connectivity index (χ4n) is 10.2. The van der Waals surface area contributed by atoms with Crippen molar-refractivity contribution in [2.75, 3.05) is 0 Å². The molecule has 0 unspecified atom stereocenters. The van der Waals surface area contributed by atoms with E-state index in [1.807, 2.05) is 85.0 Å². The Morgan fingerprint density at radius 2 is 0.868 bits per heavy atom. The zero-order chi connectivity index (χ0) is 51.7. The molecule has 366 valence electrons. The summed E-state index contributed by atoms with van der Waals surface area (Å²) in [4.78, 5) is 71.9. The lowest BCUT2D eigenvalue weighted by molar-refractivity contribution is 0.547. The molecule has 0 fully saturated rings. The zero-order valence-electron chi connectivity index (χ0n) is 41.6. The largest absolute Gasteiger partial charge is 0.355 e. The molecule has 2 aliphatic heterocycles. The first-order valence-electron chi connectivity index (χ1n) is 25.7. The summed E-state index contributed by atoms with van der Waals surface area (Å²) in [7, 11) is 0. The molecule has 5 aromatic carbocycles. The number of aromatic nitrogens is 6. The Labute approximate surface area is 436 Å². The van der Waals surface area contributed by atoms with E-state index in [1.165, 1.54) is 16.7 Å². The number of nitrogens with one attached hydrogen (secondary N) is 2. The fourth-order valence-corrected chi connectivity index (χ4v) is 10.2. The minimum Gasteiger partial charge on any atom is -0.355 e. The van der Waals surface area contributed by atoms with Crippen molar-refractivity contribution in [1.29, 1.82) is 0 Å². The summed E-state index contributed by atoms with van der Waals surface area (Å²) in [5.74, 6) is 13.3. The minimum absolute atomic E-state index is 0.112. The maximum Gasteiger partial charge on any atom is 0.266 e. The van der Waals surface area contributed by atoms with Gasteiger partial charge in [0.05, 0.1) is 55.6 Å². The Bertz CT molecular complexity index is 4310. The maximum atomic E-state index is 13.7. The molecule has 0 saturated heterocycles. The van der Waals surface area contributed by atoms with E-state index in [0.717, 1.165) is 104 Å². The zero-order valence-corrected chi connectivity index (χ0v) is 41.6. The molecule has 0 radical (unpaired) electrons. The molecule has 0 spiro atoms. The van der Waals surface area contributed by atoms with Gasteiger partial charge in [0.25, 0.3) is 22.2 Å². The molecule has 8 bridgehead atoms. The molecule has 10 aromatic rings. The number of H-pyrrole nitrogens is 2. The molecule has 2 N–H and O–H groups in total. The van der Waals surface area contributed by atoms with Crippen LogP contribution in [0.25, 0.3) is 95.9 Å². The van der Waals surface area contributed by atoms with Gasteiger partial charge in [-0.05, 0) is 133 Å². The lowest BCUT2D eigenvalue weighted by atomic mass is 10.0. The number of rotatable bonds is 10. The molecule has 2 aliphatic rings. The van der Waals surface area contributed by atoms with Gasteiger partial charge in [-0.3, -0.25) is 23.7 Å². The number of hydrogen-bond donors (Lipinski definition) is 2. The average Bonchev–Trinajstić information content (AvgIpc) is 4.37. The van der Waals surface area contributed by atoms with Crippen molar-refractivity contribution < 1.29 is 0 Å². The van der Waals surface area contributed by atoms with Crippen LogP contribution in [0.3, 0.4) is 0 Å². The highest BCUT2D eigenvalue weighted by Gasteiger charge is 2.21. The third-order valence-corrected chi connectivity index (χ3v) is 14.1. The standard InChI is InChI=1S/C66H48N6O4/c1-2-3-4-5-6-13-38-71-63(73)51-40-53-54(41-52(51)64(71)74)66(76)72(65(53)75)49-29-24-44(25-30-49)23-20-42-18-21-43(22-19-42)26-31-50-55-34-36-59(69-55)61(45-14-9-7-10-15-45)57-32-27-47(67-57)39-48-28-33-58(68-48)62(46-16-11-8-12-17-46)60-37-35-56(50)70-60/h7-12,14-19,21-22,24-25,27-30,32-37,39-41,67-68H,2-6,13,38H2,1H3. The Balaban J connectivity index is 0.853. The van der Waals surface area contributed by atoms with Gasteiger partial charge in [0.2, 0.25) is 0 Å². The van der Waals surface area contributed by atoms with Crippen LogP contribution in [0, 0.1) is 23.7 Å². The number of aromatic amines is 2. The predicted molar refractivity (Wildman–Crippen MR) is 308 cm³/mol. The monoisotopic (exact) mass is 988 g/mol. The van der Waals surface area contributed by atoms with Gasteiger partial charge in [0, 0.05) is 56.4 Å². The maximum absolute atomic E-state index is 13.7. The number of benzene rings is 5. The van der Waals surface area contributed by atoms with Crippen LogP contribution in [0.5, 0.6) is 0 Å². The molecule has 76 heavy (non-hydrogen) atoms. The topological polar surface area (TPSA) is 136 Å². The number of hydrogen-bond acceptors (Lipinski definition) is 6. The molecule has 0 amide bonds. The fraction of sp³-hybridized carbons (Fsp3) is 0.121. The molecule has 0 saturated carbocycles. The first-order chi connectivity index (χ1) is 37.3. The minimum atomic E-state index is -0.544. The number of unbranched alkanes of at least 4 members (excludes halogenated alkanes) is 5. The average molecular weight is 989 g/mol. The molecule has 0 atom stereocenters. The van der Waals surface area contributed by atoms with E-state index in [-0.39, 0.29) is 21.5 Å².